The molecule has 0 saturated heterocycles. The van der Waals surface area contributed by atoms with Crippen molar-refractivity contribution in [1.82, 2.24) is 10.3 Å². The van der Waals surface area contributed by atoms with Crippen molar-refractivity contribution in [2.45, 2.75) is 25.8 Å². The first-order valence-electron chi connectivity index (χ1n) is 6.79. The van der Waals surface area contributed by atoms with Gasteiger partial charge in [0.2, 0.25) is 5.56 Å². The van der Waals surface area contributed by atoms with Crippen LogP contribution < -0.4 is 10.9 Å². The maximum atomic E-state index is 12.4. The maximum absolute atomic E-state index is 12.4. The third-order valence-corrected chi connectivity index (χ3v) is 3.91. The van der Waals surface area contributed by atoms with Crippen LogP contribution >= 0.6 is 15.9 Å². The highest BCUT2D eigenvalue weighted by Gasteiger charge is 2.21. The second-order valence-electron chi connectivity index (χ2n) is 4.86. The van der Waals surface area contributed by atoms with Crippen LogP contribution in [0.1, 0.15) is 30.1 Å². The van der Waals surface area contributed by atoms with E-state index in [2.05, 4.69) is 26.2 Å². The molecule has 116 valence electrons. The van der Waals surface area contributed by atoms with Gasteiger partial charge in [0.05, 0.1) is 11.1 Å². The molecule has 0 aliphatic rings. The van der Waals surface area contributed by atoms with E-state index in [0.29, 0.717) is 28.2 Å². The molecule has 1 unspecified atom stereocenters. The first-order valence-corrected chi connectivity index (χ1v) is 7.58. The summed E-state index contributed by atoms with van der Waals surface area (Å²) in [7, 11) is 0. The molecule has 2 aromatic rings. The van der Waals surface area contributed by atoms with E-state index in [-0.39, 0.29) is 5.56 Å². The largest absolute Gasteiger partial charge is 0.480 e. The van der Waals surface area contributed by atoms with Crippen LogP contribution in [0.3, 0.4) is 0 Å². The van der Waals surface area contributed by atoms with Gasteiger partial charge in [0.15, 0.2) is 0 Å². The number of nitrogens with one attached hydrogen (secondary N) is 2. The van der Waals surface area contributed by atoms with Crippen LogP contribution in [0.5, 0.6) is 0 Å². The van der Waals surface area contributed by atoms with E-state index in [1.807, 2.05) is 6.92 Å². The van der Waals surface area contributed by atoms with Gasteiger partial charge < -0.3 is 15.4 Å². The number of fused-ring (bicyclic) bond motifs is 1. The highest BCUT2D eigenvalue weighted by molar-refractivity contribution is 9.10. The first-order chi connectivity index (χ1) is 10.4. The number of amides is 1. The standard InChI is InChI=1S/C15H15BrN2O4/c1-2-4-11(15(21)22)17-14(20)9-7-12(19)18-13-8(9)5-3-6-10(13)16/h3,5-7,11H,2,4H2,1H3,(H,17,20)(H,18,19)(H,21,22). The zero-order valence-corrected chi connectivity index (χ0v) is 13.4. The van der Waals surface area contributed by atoms with Crippen molar-refractivity contribution in [2.24, 2.45) is 0 Å². The Labute approximate surface area is 134 Å². The Morgan fingerprint density at radius 1 is 1.41 bits per heavy atom. The molecule has 6 nitrogen and oxygen atoms in total. The Hall–Kier alpha value is -2.15. The van der Waals surface area contributed by atoms with Crippen LogP contribution in [0.4, 0.5) is 0 Å². The quantitative estimate of drug-likeness (QED) is 0.755. The molecule has 0 spiro atoms. The number of aromatic amines is 1. The predicted octanol–water partition coefficient (Wildman–Crippen LogP) is 2.27. The Morgan fingerprint density at radius 3 is 2.77 bits per heavy atom. The molecule has 3 N–H and O–H groups in total. The summed E-state index contributed by atoms with van der Waals surface area (Å²) in [5.41, 5.74) is 0.233. The zero-order chi connectivity index (χ0) is 16.3. The molecule has 1 aromatic heterocycles. The van der Waals surface area contributed by atoms with Gasteiger partial charge >= 0.3 is 5.97 Å². The number of aromatic nitrogens is 1. The third-order valence-electron chi connectivity index (χ3n) is 3.25. The number of carbonyl (C=O) groups excluding carboxylic acids is 1. The highest BCUT2D eigenvalue weighted by atomic mass is 79.9. The van der Waals surface area contributed by atoms with Crippen molar-refractivity contribution in [3.63, 3.8) is 0 Å². The monoisotopic (exact) mass is 366 g/mol. The molecule has 0 fully saturated rings. The summed E-state index contributed by atoms with van der Waals surface area (Å²) in [6.07, 6.45) is 0.949. The smallest absolute Gasteiger partial charge is 0.326 e. The maximum Gasteiger partial charge on any atom is 0.326 e. The Morgan fingerprint density at radius 2 is 2.14 bits per heavy atom. The van der Waals surface area contributed by atoms with Crippen molar-refractivity contribution >= 4 is 38.7 Å². The molecule has 0 radical (unpaired) electrons. The molecule has 1 atom stereocenters. The summed E-state index contributed by atoms with van der Waals surface area (Å²) in [5, 5.41) is 12.1. The molecule has 0 bridgehead atoms. The van der Waals surface area contributed by atoms with E-state index >= 15 is 0 Å². The SMILES string of the molecule is CCCC(NC(=O)c1cc(=O)[nH]c2c(Br)cccc12)C(=O)O. The summed E-state index contributed by atoms with van der Waals surface area (Å²) >= 11 is 3.32. The number of carbonyl (C=O) groups is 2. The number of aliphatic carboxylic acids is 1. The average Bonchev–Trinajstić information content (AvgIpc) is 2.46. The fourth-order valence-electron chi connectivity index (χ4n) is 2.21. The van der Waals surface area contributed by atoms with E-state index in [1.54, 1.807) is 18.2 Å². The van der Waals surface area contributed by atoms with Gasteiger partial charge in [0.1, 0.15) is 6.04 Å². The lowest BCUT2D eigenvalue weighted by molar-refractivity contribution is -0.139. The van der Waals surface area contributed by atoms with Gasteiger partial charge in [-0.3, -0.25) is 9.59 Å². The Bertz CT molecular complexity index is 785. The van der Waals surface area contributed by atoms with E-state index in [4.69, 9.17) is 5.11 Å². The zero-order valence-electron chi connectivity index (χ0n) is 11.9. The van der Waals surface area contributed by atoms with Gasteiger partial charge in [0, 0.05) is 15.9 Å². The third kappa shape index (κ3) is 3.36. The molecule has 22 heavy (non-hydrogen) atoms. The molecular weight excluding hydrogens is 352 g/mol. The summed E-state index contributed by atoms with van der Waals surface area (Å²) in [6.45, 7) is 1.84. The number of para-hydroxylation sites is 1. The average molecular weight is 367 g/mol. The van der Waals surface area contributed by atoms with E-state index in [0.717, 1.165) is 0 Å². The minimum Gasteiger partial charge on any atom is -0.480 e. The van der Waals surface area contributed by atoms with Gasteiger partial charge in [-0.1, -0.05) is 25.5 Å². The molecule has 7 heteroatoms. The molecular formula is C15H15BrN2O4. The number of carboxylic acids is 1. The first kappa shape index (κ1) is 16.2. The number of hydrogen-bond acceptors (Lipinski definition) is 3. The summed E-state index contributed by atoms with van der Waals surface area (Å²) in [6, 6.07) is 5.38. The highest BCUT2D eigenvalue weighted by Crippen LogP contribution is 2.23. The summed E-state index contributed by atoms with van der Waals surface area (Å²) in [5.74, 6) is -1.67. The molecule has 0 aliphatic heterocycles. The lowest BCUT2D eigenvalue weighted by Gasteiger charge is -2.14. The lowest BCUT2D eigenvalue weighted by atomic mass is 10.1. The Kier molecular flexibility index (Phi) is 4.97. The molecule has 1 aromatic carbocycles. The topological polar surface area (TPSA) is 99.3 Å². The van der Waals surface area contributed by atoms with Crippen molar-refractivity contribution in [3.8, 4) is 0 Å². The number of carboxylic acid groups (broad SMARTS) is 1. The van der Waals surface area contributed by atoms with Crippen molar-refractivity contribution < 1.29 is 14.7 Å². The second-order valence-corrected chi connectivity index (χ2v) is 5.72. The molecule has 1 amide bonds. The van der Waals surface area contributed by atoms with E-state index < -0.39 is 23.5 Å². The number of benzene rings is 1. The fraction of sp³-hybridized carbons (Fsp3) is 0.267. The van der Waals surface area contributed by atoms with Gasteiger partial charge in [-0.15, -0.1) is 0 Å². The molecule has 0 saturated carbocycles. The second kappa shape index (κ2) is 6.74. The summed E-state index contributed by atoms with van der Waals surface area (Å²) < 4.78 is 0.653. The minimum absolute atomic E-state index is 0.155. The lowest BCUT2D eigenvalue weighted by Crippen LogP contribution is -2.41. The number of halogens is 1. The number of hydrogen-bond donors (Lipinski definition) is 3. The van der Waals surface area contributed by atoms with Crippen molar-refractivity contribution in [2.75, 3.05) is 0 Å². The van der Waals surface area contributed by atoms with Gasteiger partial charge in [-0.05, 0) is 28.4 Å². The van der Waals surface area contributed by atoms with E-state index in [9.17, 15) is 14.4 Å². The van der Waals surface area contributed by atoms with Crippen molar-refractivity contribution in [1.29, 1.82) is 0 Å². The van der Waals surface area contributed by atoms with Crippen molar-refractivity contribution in [3.05, 3.63) is 44.7 Å². The minimum atomic E-state index is -1.09. The van der Waals surface area contributed by atoms with Gasteiger partial charge in [-0.2, -0.15) is 0 Å². The number of H-pyrrole nitrogens is 1. The van der Waals surface area contributed by atoms with Crippen LogP contribution in [0, 0.1) is 0 Å². The molecule has 0 aliphatic carbocycles. The van der Waals surface area contributed by atoms with Crippen LogP contribution in [-0.2, 0) is 4.79 Å². The number of pyridine rings is 1. The Balaban J connectivity index is 2.46. The van der Waals surface area contributed by atoms with Gasteiger partial charge in [-0.25, -0.2) is 4.79 Å². The molecule has 1 heterocycles. The summed E-state index contributed by atoms with van der Waals surface area (Å²) in [4.78, 5) is 37.9. The van der Waals surface area contributed by atoms with E-state index in [1.165, 1.54) is 6.07 Å². The van der Waals surface area contributed by atoms with Crippen LogP contribution in [-0.4, -0.2) is 28.0 Å². The fourth-order valence-corrected chi connectivity index (χ4v) is 2.68. The normalized spacial score (nSPS) is 12.1. The van der Waals surface area contributed by atoms with Crippen LogP contribution in [0.2, 0.25) is 0 Å². The number of rotatable bonds is 5. The molecule has 2 rings (SSSR count). The van der Waals surface area contributed by atoms with Crippen LogP contribution in [0.15, 0.2) is 33.5 Å². The predicted molar refractivity (Wildman–Crippen MR) is 86.1 cm³/mol. The van der Waals surface area contributed by atoms with Gasteiger partial charge in [0.25, 0.3) is 5.91 Å². The van der Waals surface area contributed by atoms with Crippen LogP contribution in [0.25, 0.3) is 10.9 Å².